The number of amides is 1. The SMILES string of the molecule is CCN(CC)C(=O)c1ccc(Br)cc1Br. The van der Waals surface area contributed by atoms with Gasteiger partial charge in [-0.1, -0.05) is 15.9 Å². The summed E-state index contributed by atoms with van der Waals surface area (Å²) < 4.78 is 1.79. The van der Waals surface area contributed by atoms with Gasteiger partial charge in [0.25, 0.3) is 5.91 Å². The second kappa shape index (κ2) is 5.66. The normalized spacial score (nSPS) is 10.1. The molecule has 0 fully saturated rings. The minimum Gasteiger partial charge on any atom is -0.339 e. The predicted octanol–water partition coefficient (Wildman–Crippen LogP) is 3.69. The number of nitrogens with zero attached hydrogens (tertiary/aromatic N) is 1. The van der Waals surface area contributed by atoms with Crippen molar-refractivity contribution in [1.82, 2.24) is 4.90 Å². The Morgan fingerprint density at radius 3 is 2.33 bits per heavy atom. The Balaban J connectivity index is 3.00. The van der Waals surface area contributed by atoms with Crippen LogP contribution in [0.3, 0.4) is 0 Å². The third-order valence-corrected chi connectivity index (χ3v) is 3.36. The van der Waals surface area contributed by atoms with E-state index in [1.165, 1.54) is 0 Å². The fourth-order valence-electron chi connectivity index (χ4n) is 1.34. The van der Waals surface area contributed by atoms with Crippen molar-refractivity contribution in [2.24, 2.45) is 0 Å². The van der Waals surface area contributed by atoms with Crippen LogP contribution >= 0.6 is 31.9 Å². The lowest BCUT2D eigenvalue weighted by Gasteiger charge is -2.19. The van der Waals surface area contributed by atoms with Crippen molar-refractivity contribution < 1.29 is 4.79 Å². The molecule has 0 aliphatic heterocycles. The fraction of sp³-hybridized carbons (Fsp3) is 0.364. The Hall–Kier alpha value is -0.350. The van der Waals surface area contributed by atoms with Crippen LogP contribution in [0.15, 0.2) is 27.1 Å². The molecule has 15 heavy (non-hydrogen) atoms. The topological polar surface area (TPSA) is 20.3 Å². The third-order valence-electron chi connectivity index (χ3n) is 2.21. The summed E-state index contributed by atoms with van der Waals surface area (Å²) in [4.78, 5) is 13.8. The smallest absolute Gasteiger partial charge is 0.254 e. The molecule has 1 amide bonds. The largest absolute Gasteiger partial charge is 0.339 e. The van der Waals surface area contributed by atoms with E-state index in [1.54, 1.807) is 4.90 Å². The molecule has 0 radical (unpaired) electrons. The molecule has 2 nitrogen and oxygen atoms in total. The third kappa shape index (κ3) is 3.05. The molecule has 1 aromatic rings. The molecular formula is C11H13Br2NO. The molecule has 0 aliphatic carbocycles. The first-order valence-corrected chi connectivity index (χ1v) is 6.43. The summed E-state index contributed by atoms with van der Waals surface area (Å²) in [5, 5.41) is 0. The van der Waals surface area contributed by atoms with E-state index in [9.17, 15) is 4.79 Å². The molecule has 4 heteroatoms. The molecule has 0 bridgehead atoms. The van der Waals surface area contributed by atoms with E-state index in [1.807, 2.05) is 32.0 Å². The molecule has 0 aromatic heterocycles. The van der Waals surface area contributed by atoms with Crippen LogP contribution in [0.5, 0.6) is 0 Å². The molecule has 0 saturated heterocycles. The van der Waals surface area contributed by atoms with Gasteiger partial charge in [0.2, 0.25) is 0 Å². The van der Waals surface area contributed by atoms with Crippen molar-refractivity contribution >= 4 is 37.8 Å². The minimum absolute atomic E-state index is 0.0689. The number of carbonyl (C=O) groups is 1. The zero-order chi connectivity index (χ0) is 11.4. The molecule has 0 atom stereocenters. The van der Waals surface area contributed by atoms with Gasteiger partial charge in [-0.05, 0) is 48.0 Å². The highest BCUT2D eigenvalue weighted by Crippen LogP contribution is 2.23. The molecule has 0 unspecified atom stereocenters. The molecule has 0 spiro atoms. The first-order chi connectivity index (χ1) is 7.10. The van der Waals surface area contributed by atoms with E-state index in [0.717, 1.165) is 22.0 Å². The summed E-state index contributed by atoms with van der Waals surface area (Å²) >= 11 is 6.76. The van der Waals surface area contributed by atoms with Crippen molar-refractivity contribution in [3.05, 3.63) is 32.7 Å². The number of carbonyl (C=O) groups excluding carboxylic acids is 1. The van der Waals surface area contributed by atoms with Crippen LogP contribution in [0, 0.1) is 0 Å². The highest BCUT2D eigenvalue weighted by molar-refractivity contribution is 9.11. The number of hydrogen-bond donors (Lipinski definition) is 0. The van der Waals surface area contributed by atoms with Gasteiger partial charge in [0.1, 0.15) is 0 Å². The molecule has 0 aliphatic rings. The van der Waals surface area contributed by atoms with Crippen molar-refractivity contribution in [1.29, 1.82) is 0 Å². The fourth-order valence-corrected chi connectivity index (χ4v) is 2.56. The molecule has 0 saturated carbocycles. The maximum absolute atomic E-state index is 12.0. The van der Waals surface area contributed by atoms with E-state index >= 15 is 0 Å². The van der Waals surface area contributed by atoms with Gasteiger partial charge in [-0.15, -0.1) is 0 Å². The van der Waals surface area contributed by atoms with E-state index in [2.05, 4.69) is 31.9 Å². The number of benzene rings is 1. The Morgan fingerprint density at radius 1 is 1.27 bits per heavy atom. The lowest BCUT2D eigenvalue weighted by atomic mass is 10.2. The highest BCUT2D eigenvalue weighted by Gasteiger charge is 2.15. The first-order valence-electron chi connectivity index (χ1n) is 4.84. The van der Waals surface area contributed by atoms with Crippen molar-refractivity contribution in [3.8, 4) is 0 Å². The molecule has 82 valence electrons. The second-order valence-electron chi connectivity index (χ2n) is 3.10. The summed E-state index contributed by atoms with van der Waals surface area (Å²) in [7, 11) is 0. The van der Waals surface area contributed by atoms with E-state index in [4.69, 9.17) is 0 Å². The average molecular weight is 335 g/mol. The summed E-state index contributed by atoms with van der Waals surface area (Å²) in [6.07, 6.45) is 0. The highest BCUT2D eigenvalue weighted by atomic mass is 79.9. The van der Waals surface area contributed by atoms with Crippen LogP contribution in [-0.2, 0) is 0 Å². The van der Waals surface area contributed by atoms with Crippen LogP contribution in [-0.4, -0.2) is 23.9 Å². The number of hydrogen-bond acceptors (Lipinski definition) is 1. The Morgan fingerprint density at radius 2 is 1.87 bits per heavy atom. The van der Waals surface area contributed by atoms with Gasteiger partial charge in [-0.2, -0.15) is 0 Å². The average Bonchev–Trinajstić information content (AvgIpc) is 2.19. The predicted molar refractivity (Wildman–Crippen MR) is 69.1 cm³/mol. The monoisotopic (exact) mass is 333 g/mol. The minimum atomic E-state index is 0.0689. The molecule has 1 aromatic carbocycles. The second-order valence-corrected chi connectivity index (χ2v) is 4.87. The molecule has 1 rings (SSSR count). The Kier molecular flexibility index (Phi) is 4.80. The molecule has 0 heterocycles. The number of halogens is 2. The Bertz CT molecular complexity index is 362. The maximum Gasteiger partial charge on any atom is 0.254 e. The van der Waals surface area contributed by atoms with Crippen LogP contribution in [0.25, 0.3) is 0 Å². The van der Waals surface area contributed by atoms with Gasteiger partial charge in [0.05, 0.1) is 5.56 Å². The van der Waals surface area contributed by atoms with Crippen molar-refractivity contribution in [2.45, 2.75) is 13.8 Å². The molecule has 0 N–H and O–H groups in total. The Labute approximate surface area is 107 Å². The van der Waals surface area contributed by atoms with E-state index < -0.39 is 0 Å². The summed E-state index contributed by atoms with van der Waals surface area (Å²) in [6, 6.07) is 5.59. The zero-order valence-electron chi connectivity index (χ0n) is 8.76. The number of rotatable bonds is 3. The van der Waals surface area contributed by atoms with Gasteiger partial charge in [-0.25, -0.2) is 0 Å². The van der Waals surface area contributed by atoms with Crippen LogP contribution in [0.1, 0.15) is 24.2 Å². The van der Waals surface area contributed by atoms with Gasteiger partial charge in [0, 0.05) is 22.0 Å². The van der Waals surface area contributed by atoms with E-state index in [0.29, 0.717) is 5.56 Å². The van der Waals surface area contributed by atoms with Crippen molar-refractivity contribution in [2.75, 3.05) is 13.1 Å². The van der Waals surface area contributed by atoms with Crippen LogP contribution < -0.4 is 0 Å². The lowest BCUT2D eigenvalue weighted by molar-refractivity contribution is 0.0772. The van der Waals surface area contributed by atoms with E-state index in [-0.39, 0.29) is 5.91 Å². The summed E-state index contributed by atoms with van der Waals surface area (Å²) in [5.74, 6) is 0.0689. The van der Waals surface area contributed by atoms with Crippen LogP contribution in [0.2, 0.25) is 0 Å². The van der Waals surface area contributed by atoms with Crippen molar-refractivity contribution in [3.63, 3.8) is 0 Å². The molecular weight excluding hydrogens is 322 g/mol. The van der Waals surface area contributed by atoms with Gasteiger partial charge >= 0.3 is 0 Å². The maximum atomic E-state index is 12.0. The van der Waals surface area contributed by atoms with Gasteiger partial charge in [0.15, 0.2) is 0 Å². The summed E-state index contributed by atoms with van der Waals surface area (Å²) in [6.45, 7) is 5.43. The lowest BCUT2D eigenvalue weighted by Crippen LogP contribution is -2.30. The van der Waals surface area contributed by atoms with Gasteiger partial charge in [-0.3, -0.25) is 4.79 Å². The standard InChI is InChI=1S/C11H13Br2NO/c1-3-14(4-2)11(15)9-6-5-8(12)7-10(9)13/h5-7H,3-4H2,1-2H3. The zero-order valence-corrected chi connectivity index (χ0v) is 11.9. The van der Waals surface area contributed by atoms with Gasteiger partial charge < -0.3 is 4.90 Å². The quantitative estimate of drug-likeness (QED) is 0.825. The summed E-state index contributed by atoms with van der Waals surface area (Å²) in [5.41, 5.74) is 0.710. The van der Waals surface area contributed by atoms with Crippen LogP contribution in [0.4, 0.5) is 0 Å². The first kappa shape index (κ1) is 12.7.